The fourth-order valence-corrected chi connectivity index (χ4v) is 2.25. The second kappa shape index (κ2) is 6.16. The molecular formula is C13H18O5S. The molecule has 106 valence electrons. The van der Waals surface area contributed by atoms with E-state index in [4.69, 9.17) is 9.84 Å². The molecule has 1 N–H and O–H groups in total. The van der Waals surface area contributed by atoms with Crippen molar-refractivity contribution in [3.63, 3.8) is 0 Å². The van der Waals surface area contributed by atoms with Gasteiger partial charge in [-0.25, -0.2) is 8.42 Å². The Labute approximate surface area is 113 Å². The van der Waals surface area contributed by atoms with Crippen LogP contribution in [0.1, 0.15) is 18.9 Å². The van der Waals surface area contributed by atoms with Gasteiger partial charge < -0.3 is 9.84 Å². The molecule has 5 nitrogen and oxygen atoms in total. The lowest BCUT2D eigenvalue weighted by atomic mass is 10.1. The number of benzene rings is 1. The van der Waals surface area contributed by atoms with Gasteiger partial charge in [-0.15, -0.1) is 0 Å². The molecule has 0 spiro atoms. The van der Waals surface area contributed by atoms with E-state index in [9.17, 15) is 13.2 Å². The molecule has 0 saturated heterocycles. The quantitative estimate of drug-likeness (QED) is 0.768. The lowest BCUT2D eigenvalue weighted by Gasteiger charge is -2.22. The van der Waals surface area contributed by atoms with Gasteiger partial charge in [-0.3, -0.25) is 4.79 Å². The lowest BCUT2D eigenvalue weighted by molar-refractivity contribution is -0.140. The summed E-state index contributed by atoms with van der Waals surface area (Å²) in [5.74, 6) is -1.35. The summed E-state index contributed by atoms with van der Waals surface area (Å²) in [4.78, 5) is 11.1. The summed E-state index contributed by atoms with van der Waals surface area (Å²) in [6, 6.07) is 9.39. The van der Waals surface area contributed by atoms with Gasteiger partial charge in [0, 0.05) is 19.3 Å². The molecule has 0 amide bonds. The van der Waals surface area contributed by atoms with Crippen molar-refractivity contribution < 1.29 is 23.1 Å². The molecule has 0 aliphatic carbocycles. The van der Waals surface area contributed by atoms with Gasteiger partial charge in [0.25, 0.3) is 0 Å². The molecule has 1 aromatic carbocycles. The minimum absolute atomic E-state index is 0.0742. The highest BCUT2D eigenvalue weighted by molar-refractivity contribution is 7.92. The molecule has 0 saturated carbocycles. The number of carboxylic acids is 1. The summed E-state index contributed by atoms with van der Waals surface area (Å²) in [6.45, 7) is 1.61. The van der Waals surface area contributed by atoms with E-state index < -0.39 is 20.6 Å². The van der Waals surface area contributed by atoms with Crippen molar-refractivity contribution in [3.8, 4) is 0 Å². The van der Waals surface area contributed by atoms with E-state index in [1.54, 1.807) is 0 Å². The summed E-state index contributed by atoms with van der Waals surface area (Å²) in [6.07, 6.45) is 0.853. The number of hydrogen-bond acceptors (Lipinski definition) is 4. The van der Waals surface area contributed by atoms with Crippen molar-refractivity contribution in [1.29, 1.82) is 0 Å². The standard InChI is InChI=1S/C13H18O5S/c1-13(12(14)15,19(2,16)17)8-9-18-10-11-6-4-3-5-7-11/h3-7H,8-10H2,1-2H3,(H,14,15)/t13-/m1/s1. The molecule has 1 atom stereocenters. The zero-order valence-corrected chi connectivity index (χ0v) is 11.8. The van der Waals surface area contributed by atoms with E-state index in [0.29, 0.717) is 6.61 Å². The fourth-order valence-electron chi connectivity index (χ4n) is 1.48. The van der Waals surface area contributed by atoms with E-state index in [2.05, 4.69) is 0 Å². The van der Waals surface area contributed by atoms with Crippen molar-refractivity contribution in [2.45, 2.75) is 24.7 Å². The second-order valence-electron chi connectivity index (χ2n) is 4.60. The van der Waals surface area contributed by atoms with Gasteiger partial charge in [-0.1, -0.05) is 30.3 Å². The number of carboxylic acid groups (broad SMARTS) is 1. The number of aliphatic carboxylic acids is 1. The van der Waals surface area contributed by atoms with Gasteiger partial charge in [0.15, 0.2) is 14.6 Å². The molecule has 6 heteroatoms. The van der Waals surface area contributed by atoms with Crippen LogP contribution in [0.15, 0.2) is 30.3 Å². The monoisotopic (exact) mass is 286 g/mol. The third-order valence-electron chi connectivity index (χ3n) is 3.11. The van der Waals surface area contributed by atoms with Crippen LogP contribution in [0.25, 0.3) is 0 Å². The number of ether oxygens (including phenoxy) is 1. The predicted molar refractivity (Wildman–Crippen MR) is 71.6 cm³/mol. The van der Waals surface area contributed by atoms with Crippen LogP contribution >= 0.6 is 0 Å². The summed E-state index contributed by atoms with van der Waals surface area (Å²) < 4.78 is 26.6. The van der Waals surface area contributed by atoms with Gasteiger partial charge in [0.1, 0.15) is 0 Å². The molecule has 0 radical (unpaired) electrons. The average molecular weight is 286 g/mol. The molecule has 0 aliphatic heterocycles. The smallest absolute Gasteiger partial charge is 0.324 e. The lowest BCUT2D eigenvalue weighted by Crippen LogP contribution is -2.43. The van der Waals surface area contributed by atoms with E-state index >= 15 is 0 Å². The molecular weight excluding hydrogens is 268 g/mol. The Kier molecular flexibility index (Phi) is 5.08. The van der Waals surface area contributed by atoms with Crippen LogP contribution in [-0.4, -0.2) is 37.1 Å². The molecule has 0 bridgehead atoms. The third-order valence-corrected chi connectivity index (χ3v) is 5.12. The van der Waals surface area contributed by atoms with Crippen LogP contribution in [-0.2, 0) is 26.0 Å². The van der Waals surface area contributed by atoms with E-state index in [1.165, 1.54) is 6.92 Å². The number of hydrogen-bond donors (Lipinski definition) is 1. The first kappa shape index (κ1) is 15.7. The molecule has 0 heterocycles. The largest absolute Gasteiger partial charge is 0.480 e. The number of rotatable bonds is 7. The van der Waals surface area contributed by atoms with E-state index in [-0.39, 0.29) is 13.0 Å². The summed E-state index contributed by atoms with van der Waals surface area (Å²) in [5.41, 5.74) is 0.957. The summed E-state index contributed by atoms with van der Waals surface area (Å²) in [5, 5.41) is 9.05. The van der Waals surface area contributed by atoms with Crippen LogP contribution in [0.2, 0.25) is 0 Å². The maximum atomic E-state index is 11.5. The van der Waals surface area contributed by atoms with Crippen molar-refractivity contribution in [2.75, 3.05) is 12.9 Å². The Morgan fingerprint density at radius 3 is 2.37 bits per heavy atom. The Hall–Kier alpha value is -1.40. The molecule has 0 fully saturated rings. The molecule has 19 heavy (non-hydrogen) atoms. The predicted octanol–water partition coefficient (Wildman–Crippen LogP) is 1.48. The number of sulfone groups is 1. The minimum Gasteiger partial charge on any atom is -0.480 e. The maximum absolute atomic E-state index is 11.5. The fraction of sp³-hybridized carbons (Fsp3) is 0.462. The van der Waals surface area contributed by atoms with Crippen LogP contribution in [0, 0.1) is 0 Å². The SMILES string of the molecule is C[C@@](CCOCc1ccccc1)(C(=O)O)S(C)(=O)=O. The average Bonchev–Trinajstić information content (AvgIpc) is 2.34. The van der Waals surface area contributed by atoms with Crippen molar-refractivity contribution >= 4 is 15.8 Å². The maximum Gasteiger partial charge on any atom is 0.324 e. The Morgan fingerprint density at radius 2 is 1.89 bits per heavy atom. The normalized spacial score (nSPS) is 14.8. The van der Waals surface area contributed by atoms with Crippen LogP contribution < -0.4 is 0 Å². The van der Waals surface area contributed by atoms with Crippen molar-refractivity contribution in [3.05, 3.63) is 35.9 Å². The van der Waals surface area contributed by atoms with Crippen LogP contribution in [0.4, 0.5) is 0 Å². The Bertz CT molecular complexity index is 523. The van der Waals surface area contributed by atoms with Crippen molar-refractivity contribution in [1.82, 2.24) is 0 Å². The zero-order valence-electron chi connectivity index (χ0n) is 11.0. The molecule has 0 unspecified atom stereocenters. The molecule has 0 aliphatic rings. The summed E-state index contributed by atoms with van der Waals surface area (Å²) in [7, 11) is -3.69. The zero-order chi connectivity index (χ0) is 14.5. The third kappa shape index (κ3) is 4.04. The first-order valence-electron chi connectivity index (χ1n) is 5.82. The first-order valence-corrected chi connectivity index (χ1v) is 7.71. The first-order chi connectivity index (χ1) is 8.77. The highest BCUT2D eigenvalue weighted by Gasteiger charge is 2.43. The van der Waals surface area contributed by atoms with Crippen molar-refractivity contribution in [2.24, 2.45) is 0 Å². The van der Waals surface area contributed by atoms with Crippen LogP contribution in [0.3, 0.4) is 0 Å². The Balaban J connectivity index is 2.54. The molecule has 1 rings (SSSR count). The summed E-state index contributed by atoms with van der Waals surface area (Å²) >= 11 is 0. The number of carbonyl (C=O) groups is 1. The highest BCUT2D eigenvalue weighted by Crippen LogP contribution is 2.21. The van der Waals surface area contributed by atoms with E-state index in [0.717, 1.165) is 11.8 Å². The van der Waals surface area contributed by atoms with Gasteiger partial charge >= 0.3 is 5.97 Å². The van der Waals surface area contributed by atoms with Gasteiger partial charge in [0.05, 0.1) is 6.61 Å². The Morgan fingerprint density at radius 1 is 1.32 bits per heavy atom. The topological polar surface area (TPSA) is 80.7 Å². The molecule has 1 aromatic rings. The minimum atomic E-state index is -3.69. The van der Waals surface area contributed by atoms with E-state index in [1.807, 2.05) is 30.3 Å². The van der Waals surface area contributed by atoms with Gasteiger partial charge in [0.2, 0.25) is 0 Å². The molecule has 0 aromatic heterocycles. The highest BCUT2D eigenvalue weighted by atomic mass is 32.2. The second-order valence-corrected chi connectivity index (χ2v) is 7.04. The van der Waals surface area contributed by atoms with Crippen LogP contribution in [0.5, 0.6) is 0 Å². The van der Waals surface area contributed by atoms with Gasteiger partial charge in [-0.2, -0.15) is 0 Å². The van der Waals surface area contributed by atoms with Gasteiger partial charge in [-0.05, 0) is 12.5 Å².